The zero-order valence-electron chi connectivity index (χ0n) is 10.2. The van der Waals surface area contributed by atoms with Crippen LogP contribution in [0.5, 0.6) is 0 Å². The molecule has 0 bridgehead atoms. The smallest absolute Gasteiger partial charge is 0.224 e. The summed E-state index contributed by atoms with van der Waals surface area (Å²) in [6.45, 7) is 0.639. The Balaban J connectivity index is 1.74. The van der Waals surface area contributed by atoms with Crippen molar-refractivity contribution in [2.75, 3.05) is 6.54 Å². The Labute approximate surface area is 127 Å². The summed E-state index contributed by atoms with van der Waals surface area (Å²) in [5.41, 5.74) is 0.995. The van der Waals surface area contributed by atoms with Gasteiger partial charge >= 0.3 is 0 Å². The van der Waals surface area contributed by atoms with Gasteiger partial charge in [0.25, 0.3) is 0 Å². The minimum absolute atomic E-state index is 0.0366. The molecule has 2 nitrogen and oxygen atoms in total. The molecule has 0 radical (unpaired) electrons. The number of carbonyl (C=O) groups excluding carboxylic acids is 1. The monoisotopic (exact) mass is 311 g/mol. The van der Waals surface area contributed by atoms with Gasteiger partial charge in [-0.2, -0.15) is 0 Å². The van der Waals surface area contributed by atoms with E-state index in [2.05, 4.69) is 17.9 Å². The van der Waals surface area contributed by atoms with Crippen LogP contribution >= 0.6 is 35.6 Å². The molecule has 0 fully saturated rings. The van der Waals surface area contributed by atoms with Crippen LogP contribution in [0.4, 0.5) is 0 Å². The van der Waals surface area contributed by atoms with Gasteiger partial charge in [0.05, 0.1) is 10.8 Å². The second kappa shape index (κ2) is 6.98. The molecule has 2 rings (SSSR count). The quantitative estimate of drug-likeness (QED) is 0.812. The van der Waals surface area contributed by atoms with E-state index in [0.717, 1.165) is 21.2 Å². The number of rotatable bonds is 5. The predicted molar refractivity (Wildman–Crippen MR) is 83.4 cm³/mol. The number of carbonyl (C=O) groups is 1. The maximum atomic E-state index is 11.7. The van der Waals surface area contributed by atoms with Gasteiger partial charge in [0.15, 0.2) is 0 Å². The molecule has 0 spiro atoms. The lowest BCUT2D eigenvalue weighted by Crippen LogP contribution is -2.27. The van der Waals surface area contributed by atoms with Crippen LogP contribution < -0.4 is 5.32 Å². The third-order valence-electron chi connectivity index (χ3n) is 2.62. The van der Waals surface area contributed by atoms with Gasteiger partial charge in [-0.25, -0.2) is 0 Å². The van der Waals surface area contributed by atoms with E-state index in [1.807, 2.05) is 36.4 Å². The van der Waals surface area contributed by atoms with Gasteiger partial charge in [0.1, 0.15) is 0 Å². The number of halogens is 1. The molecule has 0 aliphatic heterocycles. The second-order valence-electron chi connectivity index (χ2n) is 4.15. The van der Waals surface area contributed by atoms with Crippen LogP contribution in [0.1, 0.15) is 10.4 Å². The average molecular weight is 312 g/mol. The third kappa shape index (κ3) is 4.90. The van der Waals surface area contributed by atoms with E-state index in [4.69, 9.17) is 11.6 Å². The fourth-order valence-corrected chi connectivity index (χ4v) is 2.91. The topological polar surface area (TPSA) is 29.1 Å². The van der Waals surface area contributed by atoms with Crippen molar-refractivity contribution in [3.05, 3.63) is 51.2 Å². The van der Waals surface area contributed by atoms with Crippen LogP contribution in [0.3, 0.4) is 0 Å². The van der Waals surface area contributed by atoms with Gasteiger partial charge in [0.2, 0.25) is 5.91 Å². The standard InChI is InChI=1S/C14H14ClNOS2/c15-13-6-5-12(19-13)7-8-16-14(17)9-10-1-3-11(18)4-2-10/h1-6,18H,7-9H2,(H,16,17). The second-order valence-corrected chi connectivity index (χ2v) is 6.47. The van der Waals surface area contributed by atoms with E-state index in [-0.39, 0.29) is 5.91 Å². The van der Waals surface area contributed by atoms with E-state index in [0.29, 0.717) is 13.0 Å². The van der Waals surface area contributed by atoms with Crippen LogP contribution in [0.2, 0.25) is 4.34 Å². The van der Waals surface area contributed by atoms with Crippen molar-refractivity contribution in [3.8, 4) is 0 Å². The molecular weight excluding hydrogens is 298 g/mol. The van der Waals surface area contributed by atoms with E-state index in [1.54, 1.807) is 11.3 Å². The number of benzene rings is 1. The van der Waals surface area contributed by atoms with Crippen LogP contribution in [0.15, 0.2) is 41.3 Å². The summed E-state index contributed by atoms with van der Waals surface area (Å²) in [5.74, 6) is 0.0366. The van der Waals surface area contributed by atoms with Crippen molar-refractivity contribution in [2.45, 2.75) is 17.7 Å². The van der Waals surface area contributed by atoms with Gasteiger partial charge in [-0.15, -0.1) is 24.0 Å². The first-order valence-electron chi connectivity index (χ1n) is 5.92. The number of hydrogen-bond donors (Lipinski definition) is 2. The Morgan fingerprint density at radius 3 is 2.58 bits per heavy atom. The van der Waals surface area contributed by atoms with E-state index in [1.165, 1.54) is 4.88 Å². The van der Waals surface area contributed by atoms with Crippen LogP contribution in [-0.4, -0.2) is 12.5 Å². The molecule has 5 heteroatoms. The summed E-state index contributed by atoms with van der Waals surface area (Å²) in [7, 11) is 0. The molecule has 19 heavy (non-hydrogen) atoms. The summed E-state index contributed by atoms with van der Waals surface area (Å²) in [4.78, 5) is 13.8. The maximum Gasteiger partial charge on any atom is 0.224 e. The first-order valence-corrected chi connectivity index (χ1v) is 7.56. The molecule has 1 aromatic heterocycles. The fraction of sp³-hybridized carbons (Fsp3) is 0.214. The van der Waals surface area contributed by atoms with E-state index in [9.17, 15) is 4.79 Å². The van der Waals surface area contributed by atoms with Crippen molar-refractivity contribution in [1.29, 1.82) is 0 Å². The maximum absolute atomic E-state index is 11.7. The van der Waals surface area contributed by atoms with Gasteiger partial charge in [-0.1, -0.05) is 23.7 Å². The van der Waals surface area contributed by atoms with Gasteiger partial charge in [-0.3, -0.25) is 4.79 Å². The van der Waals surface area contributed by atoms with Crippen molar-refractivity contribution >= 4 is 41.5 Å². The average Bonchev–Trinajstić information content (AvgIpc) is 2.78. The van der Waals surface area contributed by atoms with Crippen molar-refractivity contribution in [2.24, 2.45) is 0 Å². The number of amides is 1. The molecule has 1 N–H and O–H groups in total. The normalized spacial score (nSPS) is 10.4. The Kier molecular flexibility index (Phi) is 5.31. The zero-order chi connectivity index (χ0) is 13.7. The Morgan fingerprint density at radius 2 is 1.95 bits per heavy atom. The minimum atomic E-state index is 0.0366. The van der Waals surface area contributed by atoms with E-state index < -0.39 is 0 Å². The molecule has 0 unspecified atom stereocenters. The summed E-state index contributed by atoms with van der Waals surface area (Å²) >= 11 is 11.6. The molecular formula is C14H14ClNOS2. The molecule has 0 saturated carbocycles. The molecule has 100 valence electrons. The van der Waals surface area contributed by atoms with Crippen LogP contribution in [-0.2, 0) is 17.6 Å². The Bertz CT molecular complexity index is 551. The number of hydrogen-bond acceptors (Lipinski definition) is 3. The molecule has 1 heterocycles. The van der Waals surface area contributed by atoms with Crippen molar-refractivity contribution < 1.29 is 4.79 Å². The Morgan fingerprint density at radius 1 is 1.21 bits per heavy atom. The first kappa shape index (κ1) is 14.4. The molecule has 0 aliphatic carbocycles. The largest absolute Gasteiger partial charge is 0.355 e. The molecule has 0 saturated heterocycles. The highest BCUT2D eigenvalue weighted by Crippen LogP contribution is 2.21. The SMILES string of the molecule is O=C(Cc1ccc(S)cc1)NCCc1ccc(Cl)s1. The Hall–Kier alpha value is -0.970. The summed E-state index contributed by atoms with van der Waals surface area (Å²) in [6, 6.07) is 11.5. The minimum Gasteiger partial charge on any atom is -0.355 e. The lowest BCUT2D eigenvalue weighted by molar-refractivity contribution is -0.120. The van der Waals surface area contributed by atoms with Gasteiger partial charge < -0.3 is 5.32 Å². The zero-order valence-corrected chi connectivity index (χ0v) is 12.7. The molecule has 2 aromatic rings. The lowest BCUT2D eigenvalue weighted by Gasteiger charge is -2.04. The van der Waals surface area contributed by atoms with Gasteiger partial charge in [-0.05, 0) is 36.2 Å². The highest BCUT2D eigenvalue weighted by Gasteiger charge is 2.03. The van der Waals surface area contributed by atoms with E-state index >= 15 is 0 Å². The summed E-state index contributed by atoms with van der Waals surface area (Å²) < 4.78 is 0.785. The van der Waals surface area contributed by atoms with Crippen LogP contribution in [0.25, 0.3) is 0 Å². The molecule has 1 amide bonds. The highest BCUT2D eigenvalue weighted by atomic mass is 35.5. The first-order chi connectivity index (χ1) is 9.13. The molecule has 0 aliphatic rings. The summed E-state index contributed by atoms with van der Waals surface area (Å²) in [5, 5.41) is 2.91. The van der Waals surface area contributed by atoms with Crippen molar-refractivity contribution in [3.63, 3.8) is 0 Å². The number of thiol groups is 1. The van der Waals surface area contributed by atoms with Crippen LogP contribution in [0, 0.1) is 0 Å². The third-order valence-corrected chi connectivity index (χ3v) is 4.21. The highest BCUT2D eigenvalue weighted by molar-refractivity contribution is 7.80. The lowest BCUT2D eigenvalue weighted by atomic mass is 10.1. The summed E-state index contributed by atoms with van der Waals surface area (Å²) in [6.07, 6.45) is 1.22. The van der Waals surface area contributed by atoms with Crippen molar-refractivity contribution in [1.82, 2.24) is 5.32 Å². The van der Waals surface area contributed by atoms with Gasteiger partial charge in [0, 0.05) is 16.3 Å². The molecule has 0 atom stereocenters. The molecule has 1 aromatic carbocycles. The number of thiophene rings is 1. The predicted octanol–water partition coefficient (Wildman–Crippen LogP) is 3.59. The number of nitrogens with one attached hydrogen (secondary N) is 1. The fourth-order valence-electron chi connectivity index (χ4n) is 1.67.